The fraction of sp³-hybridized carbons (Fsp3) is 0.538. The molecule has 0 aromatic heterocycles. The Bertz CT molecular complexity index is 563. The van der Waals surface area contributed by atoms with E-state index in [0.29, 0.717) is 24.5 Å². The largest absolute Gasteiger partial charge is 0.398 e. The third-order valence-electron chi connectivity index (χ3n) is 3.43. The summed E-state index contributed by atoms with van der Waals surface area (Å²) in [5.41, 5.74) is 6.28. The fourth-order valence-electron chi connectivity index (χ4n) is 2.32. The molecule has 2 rings (SSSR count). The molecule has 1 aliphatic heterocycles. The molecule has 0 aliphatic carbocycles. The standard InChI is InChI=1S/C13H20N2O3S/c1-10-11(14)5-3-6-12(10)19(16,17)15-13(2)7-4-8-18-9-13/h3,5-6,15H,4,7-9,14H2,1-2H3. The molecule has 6 heteroatoms. The minimum atomic E-state index is -3.58. The van der Waals surface area contributed by atoms with E-state index >= 15 is 0 Å². The molecule has 1 aromatic rings. The number of nitrogens with one attached hydrogen (secondary N) is 1. The van der Waals surface area contributed by atoms with E-state index in [-0.39, 0.29) is 4.90 Å². The number of anilines is 1. The molecular weight excluding hydrogens is 264 g/mol. The van der Waals surface area contributed by atoms with Crippen LogP contribution in [-0.2, 0) is 14.8 Å². The van der Waals surface area contributed by atoms with E-state index in [1.54, 1.807) is 25.1 Å². The van der Waals surface area contributed by atoms with Crippen LogP contribution in [0, 0.1) is 6.92 Å². The smallest absolute Gasteiger partial charge is 0.241 e. The van der Waals surface area contributed by atoms with Crippen LogP contribution < -0.4 is 10.5 Å². The highest BCUT2D eigenvalue weighted by Gasteiger charge is 2.33. The van der Waals surface area contributed by atoms with Gasteiger partial charge in [0, 0.05) is 12.3 Å². The van der Waals surface area contributed by atoms with E-state index in [2.05, 4.69) is 4.72 Å². The number of ether oxygens (including phenoxy) is 1. The summed E-state index contributed by atoms with van der Waals surface area (Å²) in [4.78, 5) is 0.235. The van der Waals surface area contributed by atoms with Crippen LogP contribution in [0.4, 0.5) is 5.69 Å². The highest BCUT2D eigenvalue weighted by Crippen LogP contribution is 2.25. The number of sulfonamides is 1. The van der Waals surface area contributed by atoms with Crippen molar-refractivity contribution in [1.82, 2.24) is 4.72 Å². The lowest BCUT2D eigenvalue weighted by Crippen LogP contribution is -2.51. The SMILES string of the molecule is Cc1c(N)cccc1S(=O)(=O)NC1(C)CCCOC1. The normalized spacial score (nSPS) is 24.3. The highest BCUT2D eigenvalue weighted by atomic mass is 32.2. The summed E-state index contributed by atoms with van der Waals surface area (Å²) in [6.07, 6.45) is 1.63. The van der Waals surface area contributed by atoms with Gasteiger partial charge in [0.25, 0.3) is 0 Å². The molecule has 1 atom stereocenters. The lowest BCUT2D eigenvalue weighted by molar-refractivity contribution is 0.0386. The Hall–Kier alpha value is -1.11. The average Bonchev–Trinajstić information content (AvgIpc) is 2.32. The molecule has 1 aromatic carbocycles. The van der Waals surface area contributed by atoms with Gasteiger partial charge in [-0.1, -0.05) is 6.07 Å². The van der Waals surface area contributed by atoms with Crippen LogP contribution in [0.3, 0.4) is 0 Å². The van der Waals surface area contributed by atoms with Crippen molar-refractivity contribution in [2.24, 2.45) is 0 Å². The highest BCUT2D eigenvalue weighted by molar-refractivity contribution is 7.89. The third kappa shape index (κ3) is 3.08. The number of hydrogen-bond acceptors (Lipinski definition) is 4. The van der Waals surface area contributed by atoms with Gasteiger partial charge in [0.1, 0.15) is 0 Å². The molecule has 0 spiro atoms. The van der Waals surface area contributed by atoms with Crippen LogP contribution >= 0.6 is 0 Å². The van der Waals surface area contributed by atoms with Crippen LogP contribution in [0.15, 0.2) is 23.1 Å². The molecule has 1 aliphatic rings. The predicted molar refractivity (Wildman–Crippen MR) is 74.4 cm³/mol. The van der Waals surface area contributed by atoms with Crippen LogP contribution in [0.25, 0.3) is 0 Å². The number of hydrogen-bond donors (Lipinski definition) is 2. The van der Waals surface area contributed by atoms with E-state index in [0.717, 1.165) is 12.8 Å². The zero-order valence-electron chi connectivity index (χ0n) is 11.3. The van der Waals surface area contributed by atoms with Gasteiger partial charge in [0.15, 0.2) is 0 Å². The van der Waals surface area contributed by atoms with Crippen molar-refractivity contribution < 1.29 is 13.2 Å². The van der Waals surface area contributed by atoms with Crippen LogP contribution in [-0.4, -0.2) is 27.2 Å². The van der Waals surface area contributed by atoms with Gasteiger partial charge >= 0.3 is 0 Å². The molecular formula is C13H20N2O3S. The molecule has 0 radical (unpaired) electrons. The first-order valence-electron chi connectivity index (χ1n) is 6.31. The van der Waals surface area contributed by atoms with Gasteiger partial charge < -0.3 is 10.5 Å². The number of rotatable bonds is 3. The third-order valence-corrected chi connectivity index (χ3v) is 5.22. The Morgan fingerprint density at radius 1 is 1.42 bits per heavy atom. The maximum atomic E-state index is 12.5. The molecule has 19 heavy (non-hydrogen) atoms. The molecule has 0 amide bonds. The van der Waals surface area contributed by atoms with Crippen LogP contribution in [0.1, 0.15) is 25.3 Å². The summed E-state index contributed by atoms with van der Waals surface area (Å²) in [5.74, 6) is 0. The molecule has 0 bridgehead atoms. The zero-order chi connectivity index (χ0) is 14.1. The number of nitrogen functional groups attached to an aromatic ring is 1. The molecule has 5 nitrogen and oxygen atoms in total. The van der Waals surface area contributed by atoms with Crippen molar-refractivity contribution in [3.05, 3.63) is 23.8 Å². The van der Waals surface area contributed by atoms with E-state index in [4.69, 9.17) is 10.5 Å². The summed E-state index contributed by atoms with van der Waals surface area (Å²) in [6.45, 7) is 4.66. The first kappa shape index (κ1) is 14.3. The van der Waals surface area contributed by atoms with Crippen molar-refractivity contribution in [2.45, 2.75) is 37.1 Å². The Labute approximate surface area is 114 Å². The molecule has 1 unspecified atom stereocenters. The van der Waals surface area contributed by atoms with Crippen molar-refractivity contribution in [1.29, 1.82) is 0 Å². The van der Waals surface area contributed by atoms with Crippen LogP contribution in [0.5, 0.6) is 0 Å². The Morgan fingerprint density at radius 3 is 2.79 bits per heavy atom. The van der Waals surface area contributed by atoms with Gasteiger partial charge in [-0.25, -0.2) is 13.1 Å². The second kappa shape index (κ2) is 5.11. The van der Waals surface area contributed by atoms with Gasteiger partial charge in [0.05, 0.1) is 17.0 Å². The molecule has 106 valence electrons. The second-order valence-corrected chi connectivity index (χ2v) is 6.94. The van der Waals surface area contributed by atoms with Gasteiger partial charge in [-0.3, -0.25) is 0 Å². The predicted octanol–water partition coefficient (Wildman–Crippen LogP) is 1.42. The molecule has 1 saturated heterocycles. The average molecular weight is 284 g/mol. The topological polar surface area (TPSA) is 81.4 Å². The number of benzene rings is 1. The maximum Gasteiger partial charge on any atom is 0.241 e. The lowest BCUT2D eigenvalue weighted by Gasteiger charge is -2.34. The Kier molecular flexibility index (Phi) is 3.85. The summed E-state index contributed by atoms with van der Waals surface area (Å²) in [5, 5.41) is 0. The maximum absolute atomic E-state index is 12.5. The van der Waals surface area contributed by atoms with Crippen LogP contribution in [0.2, 0.25) is 0 Å². The fourth-order valence-corrected chi connectivity index (χ4v) is 4.01. The monoisotopic (exact) mass is 284 g/mol. The van der Waals surface area contributed by atoms with Crippen molar-refractivity contribution in [2.75, 3.05) is 18.9 Å². The Balaban J connectivity index is 2.30. The molecule has 0 saturated carbocycles. The van der Waals surface area contributed by atoms with E-state index in [1.165, 1.54) is 0 Å². The van der Waals surface area contributed by atoms with E-state index in [9.17, 15) is 8.42 Å². The summed E-state index contributed by atoms with van der Waals surface area (Å²) < 4.78 is 33.0. The van der Waals surface area contributed by atoms with Crippen molar-refractivity contribution in [3.8, 4) is 0 Å². The number of nitrogens with two attached hydrogens (primary N) is 1. The second-order valence-electron chi connectivity index (χ2n) is 5.29. The molecule has 1 heterocycles. The quantitative estimate of drug-likeness (QED) is 0.823. The molecule has 3 N–H and O–H groups in total. The first-order chi connectivity index (χ1) is 8.84. The van der Waals surface area contributed by atoms with E-state index in [1.807, 2.05) is 6.92 Å². The van der Waals surface area contributed by atoms with Crippen molar-refractivity contribution in [3.63, 3.8) is 0 Å². The van der Waals surface area contributed by atoms with Crippen molar-refractivity contribution >= 4 is 15.7 Å². The summed E-state index contributed by atoms with van der Waals surface area (Å²) in [6, 6.07) is 4.91. The minimum absolute atomic E-state index is 0.235. The summed E-state index contributed by atoms with van der Waals surface area (Å²) in [7, 11) is -3.58. The first-order valence-corrected chi connectivity index (χ1v) is 7.79. The zero-order valence-corrected chi connectivity index (χ0v) is 12.1. The van der Waals surface area contributed by atoms with Gasteiger partial charge in [-0.15, -0.1) is 0 Å². The minimum Gasteiger partial charge on any atom is -0.398 e. The van der Waals surface area contributed by atoms with Gasteiger partial charge in [0.2, 0.25) is 10.0 Å². The lowest BCUT2D eigenvalue weighted by atomic mass is 9.97. The summed E-state index contributed by atoms with van der Waals surface area (Å²) >= 11 is 0. The van der Waals surface area contributed by atoms with E-state index < -0.39 is 15.6 Å². The van der Waals surface area contributed by atoms with Gasteiger partial charge in [-0.2, -0.15) is 0 Å². The Morgan fingerprint density at radius 2 is 2.16 bits per heavy atom. The van der Waals surface area contributed by atoms with Gasteiger partial charge in [-0.05, 0) is 44.4 Å². The molecule has 1 fully saturated rings.